The van der Waals surface area contributed by atoms with E-state index >= 15 is 0 Å². The summed E-state index contributed by atoms with van der Waals surface area (Å²) in [5, 5.41) is 3.63. The highest BCUT2D eigenvalue weighted by atomic mass is 16.5. The van der Waals surface area contributed by atoms with Crippen LogP contribution >= 0.6 is 0 Å². The van der Waals surface area contributed by atoms with Gasteiger partial charge < -0.3 is 15.8 Å². The molecule has 0 aliphatic heterocycles. The molecule has 1 fully saturated rings. The summed E-state index contributed by atoms with van der Waals surface area (Å²) in [6.45, 7) is 10.3. The number of benzene rings is 1. The first-order valence-corrected chi connectivity index (χ1v) is 7.57. The molecule has 1 aromatic rings. The average molecular weight is 276 g/mol. The maximum Gasteiger partial charge on any atom is 0.0655 e. The maximum absolute atomic E-state index is 6.45. The topological polar surface area (TPSA) is 47.3 Å². The molecule has 2 rings (SSSR count). The zero-order valence-electron chi connectivity index (χ0n) is 13.1. The Kier molecular flexibility index (Phi) is 4.52. The van der Waals surface area contributed by atoms with E-state index in [1.165, 1.54) is 5.56 Å². The van der Waals surface area contributed by atoms with Gasteiger partial charge in [0.25, 0.3) is 0 Å². The summed E-state index contributed by atoms with van der Waals surface area (Å²) in [5.74, 6) is 0. The maximum atomic E-state index is 6.45. The van der Waals surface area contributed by atoms with Crippen LogP contribution in [-0.2, 0) is 10.3 Å². The van der Waals surface area contributed by atoms with Crippen LogP contribution in [0.25, 0.3) is 0 Å². The third-order valence-corrected chi connectivity index (χ3v) is 4.69. The van der Waals surface area contributed by atoms with Gasteiger partial charge in [0.15, 0.2) is 0 Å². The summed E-state index contributed by atoms with van der Waals surface area (Å²) in [7, 11) is 0. The zero-order valence-corrected chi connectivity index (χ0v) is 13.1. The Bertz CT molecular complexity index is 428. The van der Waals surface area contributed by atoms with Crippen molar-refractivity contribution in [1.29, 1.82) is 0 Å². The number of ether oxygens (including phenoxy) is 1. The monoisotopic (exact) mass is 276 g/mol. The minimum absolute atomic E-state index is 0.183. The first kappa shape index (κ1) is 15.5. The van der Waals surface area contributed by atoms with Crippen molar-refractivity contribution in [3.8, 4) is 0 Å². The largest absolute Gasteiger partial charge is 0.378 e. The fourth-order valence-corrected chi connectivity index (χ4v) is 2.97. The van der Waals surface area contributed by atoms with Crippen LogP contribution < -0.4 is 11.1 Å². The lowest BCUT2D eigenvalue weighted by molar-refractivity contribution is -0.114. The Hall–Kier alpha value is -0.900. The van der Waals surface area contributed by atoms with E-state index in [0.717, 1.165) is 19.6 Å². The average Bonchev–Trinajstić information content (AvgIpc) is 2.43. The van der Waals surface area contributed by atoms with Crippen molar-refractivity contribution < 1.29 is 4.74 Å². The third kappa shape index (κ3) is 3.05. The zero-order chi connectivity index (χ0) is 14.8. The van der Waals surface area contributed by atoms with Gasteiger partial charge in [-0.05, 0) is 25.8 Å². The highest BCUT2D eigenvalue weighted by molar-refractivity contribution is 5.23. The summed E-state index contributed by atoms with van der Waals surface area (Å²) >= 11 is 0. The van der Waals surface area contributed by atoms with E-state index in [1.54, 1.807) is 0 Å². The third-order valence-electron chi connectivity index (χ3n) is 4.69. The molecule has 3 N–H and O–H groups in total. The molecule has 112 valence electrons. The van der Waals surface area contributed by atoms with Crippen LogP contribution in [-0.4, -0.2) is 25.3 Å². The van der Waals surface area contributed by atoms with Gasteiger partial charge in [0.05, 0.1) is 11.6 Å². The van der Waals surface area contributed by atoms with Crippen LogP contribution in [0, 0.1) is 5.41 Å². The molecule has 1 aliphatic carbocycles. The van der Waals surface area contributed by atoms with E-state index in [1.807, 2.05) is 18.2 Å². The second-order valence-electron chi connectivity index (χ2n) is 6.72. The molecule has 0 amide bonds. The molecule has 3 unspecified atom stereocenters. The van der Waals surface area contributed by atoms with E-state index in [-0.39, 0.29) is 11.0 Å². The smallest absolute Gasteiger partial charge is 0.0655 e. The molecule has 0 radical (unpaired) electrons. The van der Waals surface area contributed by atoms with Gasteiger partial charge in [-0.15, -0.1) is 0 Å². The quantitative estimate of drug-likeness (QED) is 0.839. The second-order valence-corrected chi connectivity index (χ2v) is 6.72. The molecule has 0 spiro atoms. The molecule has 0 saturated heterocycles. The predicted octanol–water partition coefficient (Wildman–Crippen LogP) is 2.65. The lowest BCUT2D eigenvalue weighted by Gasteiger charge is -2.52. The van der Waals surface area contributed by atoms with Gasteiger partial charge in [0.2, 0.25) is 0 Å². The SMILES string of the molecule is CCOC1CC(NCC(C)(N)c2ccccc2)C1(C)C. The first-order chi connectivity index (χ1) is 9.38. The molecule has 3 nitrogen and oxygen atoms in total. The van der Waals surface area contributed by atoms with Gasteiger partial charge in [-0.25, -0.2) is 0 Å². The highest BCUT2D eigenvalue weighted by Crippen LogP contribution is 2.42. The standard InChI is InChI=1S/C17H28N2O/c1-5-20-15-11-14(16(15,2)3)19-12-17(4,18)13-9-7-6-8-10-13/h6-10,14-15,19H,5,11-12,18H2,1-4H3. The van der Waals surface area contributed by atoms with Gasteiger partial charge in [-0.3, -0.25) is 0 Å². The Morgan fingerprint density at radius 3 is 2.55 bits per heavy atom. The molecule has 1 aliphatic rings. The summed E-state index contributed by atoms with van der Waals surface area (Å²) < 4.78 is 5.77. The van der Waals surface area contributed by atoms with Crippen molar-refractivity contribution in [2.75, 3.05) is 13.2 Å². The van der Waals surface area contributed by atoms with Gasteiger partial charge in [-0.2, -0.15) is 0 Å². The van der Waals surface area contributed by atoms with E-state index in [0.29, 0.717) is 12.1 Å². The minimum atomic E-state index is -0.339. The summed E-state index contributed by atoms with van der Waals surface area (Å²) in [6.07, 6.45) is 1.44. The van der Waals surface area contributed by atoms with Crippen LogP contribution in [0.3, 0.4) is 0 Å². The van der Waals surface area contributed by atoms with Gasteiger partial charge >= 0.3 is 0 Å². The van der Waals surface area contributed by atoms with Gasteiger partial charge in [0, 0.05) is 24.6 Å². The fraction of sp³-hybridized carbons (Fsp3) is 0.647. The summed E-state index contributed by atoms with van der Waals surface area (Å²) in [4.78, 5) is 0. The molecule has 3 heteroatoms. The van der Waals surface area contributed by atoms with Gasteiger partial charge in [-0.1, -0.05) is 44.2 Å². The number of nitrogens with two attached hydrogens (primary N) is 1. The van der Waals surface area contributed by atoms with Crippen LogP contribution in [0.5, 0.6) is 0 Å². The number of rotatable bonds is 6. The summed E-state index contributed by atoms with van der Waals surface area (Å²) in [5.41, 5.74) is 7.47. The lowest BCUT2D eigenvalue weighted by atomic mass is 9.64. The molecule has 3 atom stereocenters. The van der Waals surface area contributed by atoms with Crippen LogP contribution in [0.15, 0.2) is 30.3 Å². The van der Waals surface area contributed by atoms with Crippen LogP contribution in [0.4, 0.5) is 0 Å². The molecule has 0 bridgehead atoms. The van der Waals surface area contributed by atoms with Crippen molar-refractivity contribution in [3.63, 3.8) is 0 Å². The minimum Gasteiger partial charge on any atom is -0.378 e. The Labute approximate surface area is 122 Å². The Balaban J connectivity index is 1.90. The van der Waals surface area contributed by atoms with Crippen molar-refractivity contribution in [2.24, 2.45) is 11.1 Å². The molecular formula is C17H28N2O. The lowest BCUT2D eigenvalue weighted by Crippen LogP contribution is -2.63. The fourth-order valence-electron chi connectivity index (χ4n) is 2.97. The first-order valence-electron chi connectivity index (χ1n) is 7.57. The summed E-state index contributed by atoms with van der Waals surface area (Å²) in [6, 6.07) is 10.8. The van der Waals surface area contributed by atoms with Crippen molar-refractivity contribution >= 4 is 0 Å². The Morgan fingerprint density at radius 2 is 2.00 bits per heavy atom. The van der Waals surface area contributed by atoms with Crippen molar-refractivity contribution in [2.45, 2.75) is 51.8 Å². The normalized spacial score (nSPS) is 27.6. The molecular weight excluding hydrogens is 248 g/mol. The predicted molar refractivity (Wildman–Crippen MR) is 83.6 cm³/mol. The van der Waals surface area contributed by atoms with E-state index < -0.39 is 0 Å². The van der Waals surface area contributed by atoms with E-state index in [4.69, 9.17) is 10.5 Å². The van der Waals surface area contributed by atoms with Crippen LogP contribution in [0.1, 0.15) is 39.7 Å². The number of hydrogen-bond donors (Lipinski definition) is 2. The van der Waals surface area contributed by atoms with Crippen LogP contribution in [0.2, 0.25) is 0 Å². The van der Waals surface area contributed by atoms with Crippen molar-refractivity contribution in [3.05, 3.63) is 35.9 Å². The van der Waals surface area contributed by atoms with Gasteiger partial charge in [0.1, 0.15) is 0 Å². The molecule has 20 heavy (non-hydrogen) atoms. The Morgan fingerprint density at radius 1 is 1.35 bits per heavy atom. The number of nitrogens with one attached hydrogen (secondary N) is 1. The van der Waals surface area contributed by atoms with E-state index in [9.17, 15) is 0 Å². The van der Waals surface area contributed by atoms with E-state index in [2.05, 4.69) is 45.1 Å². The number of hydrogen-bond acceptors (Lipinski definition) is 3. The highest BCUT2D eigenvalue weighted by Gasteiger charge is 2.48. The molecule has 1 saturated carbocycles. The molecule has 0 heterocycles. The van der Waals surface area contributed by atoms with Crippen molar-refractivity contribution in [1.82, 2.24) is 5.32 Å². The second kappa shape index (κ2) is 5.84. The molecule has 1 aromatic carbocycles. The molecule has 0 aromatic heterocycles.